The number of carbonyl (C=O) groups excluding carboxylic acids is 1. The summed E-state index contributed by atoms with van der Waals surface area (Å²) >= 11 is 1.36. The zero-order valence-corrected chi connectivity index (χ0v) is 17.3. The van der Waals surface area contributed by atoms with Crippen molar-refractivity contribution in [2.45, 2.75) is 11.7 Å². The van der Waals surface area contributed by atoms with Gasteiger partial charge in [-0.2, -0.15) is 0 Å². The minimum absolute atomic E-state index is 0.0348. The Hall–Kier alpha value is -3.39. The number of hydrogen-bond donors (Lipinski definition) is 3. The number of phenolic OH excluding ortho intramolecular Hbond substituents is 2. The van der Waals surface area contributed by atoms with Crippen molar-refractivity contribution in [3.05, 3.63) is 65.4 Å². The van der Waals surface area contributed by atoms with Crippen LogP contribution in [-0.4, -0.2) is 35.4 Å². The largest absolute Gasteiger partial charge is 0.504 e. The maximum atomic E-state index is 12.4. The molecule has 1 atom stereocenters. The maximum Gasteiger partial charge on any atom is 0.161 e. The number of ether oxygens (including phenoxy) is 2. The van der Waals surface area contributed by atoms with E-state index in [1.807, 2.05) is 6.08 Å². The van der Waals surface area contributed by atoms with Crippen LogP contribution < -0.4 is 15.2 Å². The van der Waals surface area contributed by atoms with Crippen LogP contribution in [-0.2, 0) is 4.79 Å². The molecular formula is C22H22N2O5S. The lowest BCUT2D eigenvalue weighted by molar-refractivity contribution is -0.113. The number of aliphatic imine (C=N–C) groups is 1. The molecule has 7 nitrogen and oxygen atoms in total. The molecular weight excluding hydrogens is 404 g/mol. The highest BCUT2D eigenvalue weighted by Gasteiger charge is 2.20. The first-order chi connectivity index (χ1) is 14.4. The van der Waals surface area contributed by atoms with E-state index >= 15 is 0 Å². The van der Waals surface area contributed by atoms with Crippen LogP contribution in [0.2, 0.25) is 0 Å². The van der Waals surface area contributed by atoms with Crippen molar-refractivity contribution in [3.8, 4) is 23.0 Å². The fraction of sp³-hybridized carbons (Fsp3) is 0.182. The predicted octanol–water partition coefficient (Wildman–Crippen LogP) is 3.77. The molecule has 156 valence electrons. The molecule has 1 unspecified atom stereocenters. The van der Waals surface area contributed by atoms with Gasteiger partial charge in [0.1, 0.15) is 0 Å². The first-order valence-electron chi connectivity index (χ1n) is 9.06. The first kappa shape index (κ1) is 21.3. The highest BCUT2D eigenvalue weighted by molar-refractivity contribution is 8.14. The summed E-state index contributed by atoms with van der Waals surface area (Å²) in [6.45, 7) is 0. The van der Waals surface area contributed by atoms with Gasteiger partial charge in [-0.15, -0.1) is 0 Å². The van der Waals surface area contributed by atoms with Crippen molar-refractivity contribution in [2.24, 2.45) is 10.7 Å². The third kappa shape index (κ3) is 5.15. The molecule has 0 spiro atoms. The summed E-state index contributed by atoms with van der Waals surface area (Å²) in [7, 11) is 2.95. The number of aromatic hydroxyl groups is 2. The topological polar surface area (TPSA) is 114 Å². The normalized spacial score (nSPS) is 16.1. The second kappa shape index (κ2) is 9.41. The van der Waals surface area contributed by atoms with E-state index in [4.69, 9.17) is 15.2 Å². The molecule has 8 heteroatoms. The number of phenols is 2. The molecule has 1 aliphatic heterocycles. The standard InChI is InChI=1S/C22H22N2O5S/c1-28-19-9-13(4-7-17(19)26)3-6-16(25)11-15-12-21(30-22(23)24-15)14-5-8-18(27)20(10-14)29-2/h3-10,12,21,26-27H,11H2,1-2H3,(H2,23,24)/b6-3+. The third-order valence-corrected chi connectivity index (χ3v) is 5.39. The summed E-state index contributed by atoms with van der Waals surface area (Å²) in [5.41, 5.74) is 8.14. The fourth-order valence-corrected chi connectivity index (χ4v) is 3.84. The van der Waals surface area contributed by atoms with E-state index in [-0.39, 0.29) is 29.0 Å². The zero-order chi connectivity index (χ0) is 21.7. The molecule has 0 radical (unpaired) electrons. The van der Waals surface area contributed by atoms with E-state index in [9.17, 15) is 15.0 Å². The van der Waals surface area contributed by atoms with Crippen molar-refractivity contribution in [3.63, 3.8) is 0 Å². The summed E-state index contributed by atoms with van der Waals surface area (Å²) in [5.74, 6) is 0.652. The fourth-order valence-electron chi connectivity index (χ4n) is 2.90. The lowest BCUT2D eigenvalue weighted by Crippen LogP contribution is -2.14. The Balaban J connectivity index is 1.73. The van der Waals surface area contributed by atoms with Gasteiger partial charge in [-0.3, -0.25) is 4.79 Å². The molecule has 0 saturated carbocycles. The third-order valence-electron chi connectivity index (χ3n) is 4.40. The number of hydrogen-bond acceptors (Lipinski definition) is 8. The minimum atomic E-state index is -0.148. The Morgan fingerprint density at radius 2 is 1.80 bits per heavy atom. The second-order valence-corrected chi connectivity index (χ2v) is 7.65. The summed E-state index contributed by atoms with van der Waals surface area (Å²) in [6.07, 6.45) is 5.08. The van der Waals surface area contributed by atoms with Crippen LogP contribution in [0.25, 0.3) is 6.08 Å². The van der Waals surface area contributed by atoms with Gasteiger partial charge in [-0.1, -0.05) is 30.0 Å². The van der Waals surface area contributed by atoms with Gasteiger partial charge in [0, 0.05) is 5.70 Å². The van der Waals surface area contributed by atoms with Gasteiger partial charge in [0.05, 0.1) is 25.9 Å². The molecule has 0 saturated heterocycles. The summed E-state index contributed by atoms with van der Waals surface area (Å²) in [5, 5.41) is 19.7. The maximum absolute atomic E-state index is 12.4. The average Bonchev–Trinajstić information content (AvgIpc) is 2.73. The average molecular weight is 426 g/mol. The minimum Gasteiger partial charge on any atom is -0.504 e. The lowest BCUT2D eigenvalue weighted by Gasteiger charge is -2.19. The van der Waals surface area contributed by atoms with Gasteiger partial charge in [-0.25, -0.2) is 4.99 Å². The molecule has 2 aromatic rings. The van der Waals surface area contributed by atoms with Crippen LogP contribution >= 0.6 is 11.8 Å². The highest BCUT2D eigenvalue weighted by Crippen LogP contribution is 2.39. The number of nitrogens with zero attached hydrogens (tertiary/aromatic N) is 1. The Morgan fingerprint density at radius 3 is 2.50 bits per heavy atom. The Morgan fingerprint density at radius 1 is 1.13 bits per heavy atom. The smallest absolute Gasteiger partial charge is 0.161 e. The van der Waals surface area contributed by atoms with Gasteiger partial charge < -0.3 is 25.4 Å². The van der Waals surface area contributed by atoms with Crippen LogP contribution in [0.3, 0.4) is 0 Å². The van der Waals surface area contributed by atoms with Gasteiger partial charge in [0.25, 0.3) is 0 Å². The number of rotatable bonds is 7. The lowest BCUT2D eigenvalue weighted by atomic mass is 10.1. The molecule has 0 bridgehead atoms. The first-order valence-corrected chi connectivity index (χ1v) is 9.94. The summed E-state index contributed by atoms with van der Waals surface area (Å²) in [4.78, 5) is 16.7. The van der Waals surface area contributed by atoms with Crippen molar-refractivity contribution >= 4 is 28.8 Å². The molecule has 1 heterocycles. The Kier molecular flexibility index (Phi) is 6.68. The van der Waals surface area contributed by atoms with E-state index in [0.29, 0.717) is 22.4 Å². The van der Waals surface area contributed by atoms with Crippen molar-refractivity contribution in [2.75, 3.05) is 14.2 Å². The molecule has 4 N–H and O–H groups in total. The number of methoxy groups -OCH3 is 2. The number of benzene rings is 2. The van der Waals surface area contributed by atoms with Crippen molar-refractivity contribution in [1.29, 1.82) is 0 Å². The van der Waals surface area contributed by atoms with Gasteiger partial charge in [0.2, 0.25) is 0 Å². The summed E-state index contributed by atoms with van der Waals surface area (Å²) in [6, 6.07) is 9.90. The predicted molar refractivity (Wildman–Crippen MR) is 118 cm³/mol. The van der Waals surface area contributed by atoms with Crippen LogP contribution in [0.4, 0.5) is 0 Å². The van der Waals surface area contributed by atoms with E-state index in [2.05, 4.69) is 4.99 Å². The number of carbonyl (C=O) groups is 1. The van der Waals surface area contributed by atoms with Crippen LogP contribution in [0.1, 0.15) is 22.8 Å². The number of ketones is 1. The van der Waals surface area contributed by atoms with E-state index < -0.39 is 0 Å². The van der Waals surface area contributed by atoms with Gasteiger partial charge >= 0.3 is 0 Å². The van der Waals surface area contributed by atoms with Crippen LogP contribution in [0.5, 0.6) is 23.0 Å². The molecule has 1 aliphatic rings. The molecule has 3 rings (SSSR count). The van der Waals surface area contributed by atoms with Crippen molar-refractivity contribution in [1.82, 2.24) is 0 Å². The Labute approximate surface area is 178 Å². The monoisotopic (exact) mass is 426 g/mol. The molecule has 2 aromatic carbocycles. The van der Waals surface area contributed by atoms with Crippen LogP contribution in [0, 0.1) is 0 Å². The van der Waals surface area contributed by atoms with Gasteiger partial charge in [0.15, 0.2) is 33.9 Å². The number of allylic oxidation sites excluding steroid dienone is 2. The highest BCUT2D eigenvalue weighted by atomic mass is 32.2. The SMILES string of the molecule is COc1cc(/C=C/C(=O)CC2=CC(c3ccc(O)c(OC)c3)SC(N)=N2)ccc1O. The molecule has 30 heavy (non-hydrogen) atoms. The van der Waals surface area contributed by atoms with E-state index in [1.165, 1.54) is 38.1 Å². The van der Waals surface area contributed by atoms with Gasteiger partial charge in [-0.05, 0) is 47.5 Å². The van der Waals surface area contributed by atoms with E-state index in [1.54, 1.807) is 36.4 Å². The molecule has 0 amide bonds. The number of amidine groups is 1. The van der Waals surface area contributed by atoms with E-state index in [0.717, 1.165) is 11.1 Å². The van der Waals surface area contributed by atoms with Crippen molar-refractivity contribution < 1.29 is 24.5 Å². The molecule has 0 aliphatic carbocycles. The summed E-state index contributed by atoms with van der Waals surface area (Å²) < 4.78 is 10.2. The molecule has 0 aromatic heterocycles. The second-order valence-electron chi connectivity index (χ2n) is 6.49. The quantitative estimate of drug-likeness (QED) is 0.577. The number of thioether (sulfide) groups is 1. The number of nitrogens with two attached hydrogens (primary N) is 1. The van der Waals surface area contributed by atoms with Crippen LogP contribution in [0.15, 0.2) is 59.2 Å². The molecule has 0 fully saturated rings. The Bertz CT molecular complexity index is 1050. The zero-order valence-electron chi connectivity index (χ0n) is 16.5.